The van der Waals surface area contributed by atoms with E-state index >= 15 is 0 Å². The van der Waals surface area contributed by atoms with Gasteiger partial charge in [-0.2, -0.15) is 0 Å². The summed E-state index contributed by atoms with van der Waals surface area (Å²) in [7, 11) is 0. The van der Waals surface area contributed by atoms with Crippen LogP contribution in [0.2, 0.25) is 0 Å². The molecular weight excluding hydrogens is 108 g/mol. The van der Waals surface area contributed by atoms with Crippen molar-refractivity contribution >= 4 is 0 Å². The van der Waals surface area contributed by atoms with E-state index in [4.69, 9.17) is 0 Å². The highest BCUT2D eigenvalue weighted by atomic mass is 14.1. The van der Waals surface area contributed by atoms with Crippen molar-refractivity contribution in [2.75, 3.05) is 0 Å². The number of hydrogen-bond acceptors (Lipinski definition) is 0. The maximum Gasteiger partial charge on any atom is -0.0304 e. The van der Waals surface area contributed by atoms with E-state index in [0.717, 1.165) is 6.42 Å². The second-order valence-corrected chi connectivity index (χ2v) is 3.05. The summed E-state index contributed by atoms with van der Waals surface area (Å²) >= 11 is 0. The third kappa shape index (κ3) is 18.2. The first-order chi connectivity index (χ1) is 4.06. The molecule has 56 valence electrons. The molecule has 0 saturated heterocycles. The van der Waals surface area contributed by atoms with E-state index in [1.165, 1.54) is 0 Å². The number of rotatable bonds is 1. The van der Waals surface area contributed by atoms with Gasteiger partial charge in [-0.05, 0) is 11.8 Å². The molecule has 9 heavy (non-hydrogen) atoms. The first-order valence-corrected chi connectivity index (χ1v) is 3.67. The first kappa shape index (κ1) is 11.5. The van der Waals surface area contributed by atoms with Crippen molar-refractivity contribution in [3.63, 3.8) is 0 Å². The van der Waals surface area contributed by atoms with E-state index < -0.39 is 0 Å². The molecule has 0 N–H and O–H groups in total. The van der Waals surface area contributed by atoms with Gasteiger partial charge in [0.05, 0.1) is 0 Å². The number of hydrogen-bond donors (Lipinski definition) is 0. The smallest absolute Gasteiger partial charge is 0.0304 e. The first-order valence-electron chi connectivity index (χ1n) is 3.67. The van der Waals surface area contributed by atoms with Gasteiger partial charge in [0, 0.05) is 0 Å². The lowest BCUT2D eigenvalue weighted by Gasteiger charge is -2.13. The van der Waals surface area contributed by atoms with Gasteiger partial charge in [0.25, 0.3) is 0 Å². The second-order valence-electron chi connectivity index (χ2n) is 3.05. The van der Waals surface area contributed by atoms with Crippen molar-refractivity contribution in [2.45, 2.75) is 41.0 Å². The van der Waals surface area contributed by atoms with Gasteiger partial charge in [0.2, 0.25) is 0 Å². The molecule has 0 aromatic heterocycles. The van der Waals surface area contributed by atoms with Crippen molar-refractivity contribution in [3.05, 3.63) is 12.7 Å². The third-order valence-corrected chi connectivity index (χ3v) is 0.757. The predicted octanol–water partition coefficient (Wildman–Crippen LogP) is 3.63. The molecule has 0 atom stereocenters. The topological polar surface area (TPSA) is 0 Å². The van der Waals surface area contributed by atoms with E-state index in [2.05, 4.69) is 27.4 Å². The molecular formula is C9H20. The van der Waals surface area contributed by atoms with Crippen molar-refractivity contribution in [1.29, 1.82) is 0 Å². The molecule has 0 fully saturated rings. The largest absolute Gasteiger partial charge is 0.103 e. The summed E-state index contributed by atoms with van der Waals surface area (Å²) in [6.07, 6.45) is 3.06. The molecule has 0 unspecified atom stereocenters. The molecule has 0 bridgehead atoms. The summed E-state index contributed by atoms with van der Waals surface area (Å²) in [6.45, 7) is 14.3. The van der Waals surface area contributed by atoms with Gasteiger partial charge < -0.3 is 0 Å². The zero-order valence-electron chi connectivity index (χ0n) is 7.49. The van der Waals surface area contributed by atoms with Crippen LogP contribution < -0.4 is 0 Å². The molecule has 0 amide bonds. The van der Waals surface area contributed by atoms with Crippen molar-refractivity contribution in [2.24, 2.45) is 5.41 Å². The molecule has 0 aromatic rings. The zero-order valence-corrected chi connectivity index (χ0v) is 7.49. The van der Waals surface area contributed by atoms with E-state index in [0.29, 0.717) is 5.41 Å². The van der Waals surface area contributed by atoms with Crippen LogP contribution in [-0.4, -0.2) is 0 Å². The highest BCUT2D eigenvalue weighted by Gasteiger charge is 2.04. The summed E-state index contributed by atoms with van der Waals surface area (Å²) in [4.78, 5) is 0. The minimum atomic E-state index is 0.432. The summed E-state index contributed by atoms with van der Waals surface area (Å²) < 4.78 is 0. The monoisotopic (exact) mass is 128 g/mol. The highest BCUT2D eigenvalue weighted by molar-refractivity contribution is 4.75. The van der Waals surface area contributed by atoms with Crippen LogP contribution in [0.5, 0.6) is 0 Å². The Bertz CT molecular complexity index is 54.9. The molecule has 0 nitrogen and oxygen atoms in total. The van der Waals surface area contributed by atoms with Gasteiger partial charge in [-0.1, -0.05) is 40.7 Å². The lowest BCUT2D eigenvalue weighted by Crippen LogP contribution is -2.01. The summed E-state index contributed by atoms with van der Waals surface area (Å²) in [5.74, 6) is 0. The van der Waals surface area contributed by atoms with Crippen LogP contribution >= 0.6 is 0 Å². The Kier molecular flexibility index (Phi) is 7.52. The maximum atomic E-state index is 3.65. The van der Waals surface area contributed by atoms with Gasteiger partial charge in [-0.3, -0.25) is 0 Å². The predicted molar refractivity (Wildman–Crippen MR) is 45.6 cm³/mol. The van der Waals surface area contributed by atoms with Crippen LogP contribution in [-0.2, 0) is 0 Å². The fraction of sp³-hybridized carbons (Fsp3) is 0.778. The molecule has 0 rings (SSSR count). The molecule has 0 aliphatic rings. The summed E-state index contributed by atoms with van der Waals surface area (Å²) in [5, 5.41) is 0. The maximum absolute atomic E-state index is 3.65. The molecule has 0 spiro atoms. The average molecular weight is 128 g/mol. The third-order valence-electron chi connectivity index (χ3n) is 0.757. The Labute approximate surface area is 60.0 Å². The van der Waals surface area contributed by atoms with Gasteiger partial charge in [-0.25, -0.2) is 0 Å². The average Bonchev–Trinajstić information content (AvgIpc) is 1.69. The Morgan fingerprint density at radius 1 is 1.22 bits per heavy atom. The van der Waals surface area contributed by atoms with Crippen LogP contribution in [0.25, 0.3) is 0 Å². The Morgan fingerprint density at radius 3 is 1.56 bits per heavy atom. The van der Waals surface area contributed by atoms with Gasteiger partial charge in [0.15, 0.2) is 0 Å². The summed E-state index contributed by atoms with van der Waals surface area (Å²) in [5.41, 5.74) is 0.432. The molecule has 0 heterocycles. The molecule has 0 aliphatic carbocycles. The van der Waals surface area contributed by atoms with E-state index in [1.54, 1.807) is 0 Å². The Balaban J connectivity index is 0. The molecule has 0 saturated carbocycles. The van der Waals surface area contributed by atoms with Crippen molar-refractivity contribution in [1.82, 2.24) is 0 Å². The summed E-state index contributed by atoms with van der Waals surface area (Å²) in [6, 6.07) is 0. The molecule has 0 heteroatoms. The van der Waals surface area contributed by atoms with Gasteiger partial charge in [0.1, 0.15) is 0 Å². The Hall–Kier alpha value is -0.260. The van der Waals surface area contributed by atoms with Crippen molar-refractivity contribution in [3.8, 4) is 0 Å². The fourth-order valence-electron chi connectivity index (χ4n) is 0.433. The zero-order chi connectivity index (χ0) is 7.91. The van der Waals surface area contributed by atoms with E-state index in [-0.39, 0.29) is 0 Å². The van der Waals surface area contributed by atoms with Gasteiger partial charge >= 0.3 is 0 Å². The fourth-order valence-corrected chi connectivity index (χ4v) is 0.433. The van der Waals surface area contributed by atoms with Crippen LogP contribution in [0.4, 0.5) is 0 Å². The van der Waals surface area contributed by atoms with Crippen molar-refractivity contribution < 1.29 is 0 Å². The molecule has 0 aliphatic heterocycles. The lowest BCUT2D eigenvalue weighted by atomic mass is 9.93. The molecule has 0 aromatic carbocycles. The Morgan fingerprint density at radius 2 is 1.56 bits per heavy atom. The van der Waals surface area contributed by atoms with Crippen LogP contribution in [0.3, 0.4) is 0 Å². The lowest BCUT2D eigenvalue weighted by molar-refractivity contribution is 0.421. The highest BCUT2D eigenvalue weighted by Crippen LogP contribution is 2.17. The van der Waals surface area contributed by atoms with Crippen LogP contribution in [0.1, 0.15) is 41.0 Å². The van der Waals surface area contributed by atoms with Crippen LogP contribution in [0.15, 0.2) is 12.7 Å². The normalized spacial score (nSPS) is 9.44. The molecule has 0 radical (unpaired) electrons. The quantitative estimate of drug-likeness (QED) is 0.473. The van der Waals surface area contributed by atoms with Gasteiger partial charge in [-0.15, -0.1) is 6.58 Å². The minimum absolute atomic E-state index is 0.432. The minimum Gasteiger partial charge on any atom is -0.103 e. The van der Waals surface area contributed by atoms with Crippen LogP contribution in [0, 0.1) is 5.41 Å². The van der Waals surface area contributed by atoms with E-state index in [1.807, 2.05) is 19.9 Å². The second kappa shape index (κ2) is 5.87. The standard InChI is InChI=1S/C7H14.C2H6/c1-5-6-7(2,3)4;1-2/h5H,1,6H2,2-4H3;1-2H3. The van der Waals surface area contributed by atoms with E-state index in [9.17, 15) is 0 Å². The number of allylic oxidation sites excluding steroid dienone is 1. The SMILES string of the molecule is C=CCC(C)(C)C.CC.